The number of carbonyl (C=O) groups excluding carboxylic acids is 1. The van der Waals surface area contributed by atoms with Crippen LogP contribution in [-0.2, 0) is 9.59 Å². The van der Waals surface area contributed by atoms with Gasteiger partial charge in [-0.05, 0) is 18.9 Å². The predicted octanol–water partition coefficient (Wildman–Crippen LogP) is 2.31. The maximum absolute atomic E-state index is 12.1. The molecule has 3 rings (SSSR count). The fourth-order valence-corrected chi connectivity index (χ4v) is 3.98. The van der Waals surface area contributed by atoms with Gasteiger partial charge in [0.15, 0.2) is 0 Å². The Balaban J connectivity index is 1.79. The highest BCUT2D eigenvalue weighted by atomic mass is 32.2. The van der Waals surface area contributed by atoms with Crippen molar-refractivity contribution in [2.45, 2.75) is 18.8 Å². The predicted molar refractivity (Wildman–Crippen MR) is 81.6 cm³/mol. The first-order valence-corrected chi connectivity index (χ1v) is 8.07. The number of hydrogen-bond donors (Lipinski definition) is 1. The molecule has 1 aliphatic heterocycles. The third-order valence-electron chi connectivity index (χ3n) is 2.91. The lowest BCUT2D eigenvalue weighted by atomic mass is 10.3. The number of thioether (sulfide) groups is 1. The van der Waals surface area contributed by atoms with Crippen LogP contribution in [0.4, 0.5) is 0 Å². The standard InChI is InChI=1S/C12H10N2O3S3/c15-9(16)4-14-11(17)8(20-12(14)18)3-7-5-19-10(13-7)6-1-2-6/h3,5-6H,1-2,4H2,(H,15,16). The van der Waals surface area contributed by atoms with Crippen molar-refractivity contribution in [2.24, 2.45) is 0 Å². The lowest BCUT2D eigenvalue weighted by Crippen LogP contribution is -2.33. The molecule has 2 heterocycles. The van der Waals surface area contributed by atoms with Crippen LogP contribution in [0.2, 0.25) is 0 Å². The zero-order valence-electron chi connectivity index (χ0n) is 10.2. The Hall–Kier alpha value is -1.25. The molecule has 1 aromatic rings. The molecule has 1 saturated heterocycles. The molecule has 20 heavy (non-hydrogen) atoms. The maximum atomic E-state index is 12.1. The lowest BCUT2D eigenvalue weighted by molar-refractivity contribution is -0.140. The Morgan fingerprint density at radius 1 is 1.60 bits per heavy atom. The summed E-state index contributed by atoms with van der Waals surface area (Å²) in [5.74, 6) is -0.848. The number of carbonyl (C=O) groups is 2. The molecular formula is C12H10N2O3S3. The van der Waals surface area contributed by atoms with E-state index in [4.69, 9.17) is 17.3 Å². The number of carboxylic acid groups (broad SMARTS) is 1. The van der Waals surface area contributed by atoms with Crippen LogP contribution in [0.15, 0.2) is 10.3 Å². The number of nitrogens with zero attached hydrogens (tertiary/aromatic N) is 2. The SMILES string of the molecule is O=C(O)CN1C(=O)C(=Cc2csc(C3CC3)n2)SC1=S. The molecule has 0 bridgehead atoms. The first-order valence-electron chi connectivity index (χ1n) is 5.97. The summed E-state index contributed by atoms with van der Waals surface area (Å²) in [6, 6.07) is 0. The van der Waals surface area contributed by atoms with Crippen molar-refractivity contribution in [1.82, 2.24) is 9.88 Å². The summed E-state index contributed by atoms with van der Waals surface area (Å²) in [4.78, 5) is 28.8. The van der Waals surface area contributed by atoms with E-state index in [1.165, 1.54) is 12.8 Å². The minimum absolute atomic E-state index is 0.279. The third kappa shape index (κ3) is 2.77. The van der Waals surface area contributed by atoms with E-state index in [1.807, 2.05) is 5.38 Å². The van der Waals surface area contributed by atoms with Crippen LogP contribution in [0.25, 0.3) is 6.08 Å². The van der Waals surface area contributed by atoms with Crippen LogP contribution in [0.5, 0.6) is 0 Å². The van der Waals surface area contributed by atoms with Gasteiger partial charge in [0.25, 0.3) is 5.91 Å². The van der Waals surface area contributed by atoms with E-state index in [2.05, 4.69) is 4.98 Å². The third-order valence-corrected chi connectivity index (χ3v) is 5.32. The molecule has 104 valence electrons. The summed E-state index contributed by atoms with van der Waals surface area (Å²) in [6.45, 7) is -0.396. The van der Waals surface area contributed by atoms with Crippen molar-refractivity contribution >= 4 is 57.6 Å². The molecular weight excluding hydrogens is 316 g/mol. The summed E-state index contributed by atoms with van der Waals surface area (Å²) in [7, 11) is 0. The number of thiazole rings is 1. The number of rotatable bonds is 4. The number of aromatic nitrogens is 1. The number of thiocarbonyl (C=S) groups is 1. The molecule has 1 N–H and O–H groups in total. The molecule has 2 aliphatic rings. The van der Waals surface area contributed by atoms with E-state index in [1.54, 1.807) is 17.4 Å². The van der Waals surface area contributed by atoms with Crippen molar-refractivity contribution in [3.8, 4) is 0 Å². The average Bonchev–Trinajstić information content (AvgIpc) is 3.09. The molecule has 1 amide bonds. The van der Waals surface area contributed by atoms with Gasteiger partial charge in [-0.2, -0.15) is 0 Å². The maximum Gasteiger partial charge on any atom is 0.323 e. The monoisotopic (exact) mass is 326 g/mol. The second-order valence-corrected chi connectivity index (χ2v) is 7.11. The number of carboxylic acids is 1. The Morgan fingerprint density at radius 2 is 2.35 bits per heavy atom. The highest BCUT2D eigenvalue weighted by molar-refractivity contribution is 8.26. The van der Waals surface area contributed by atoms with Crippen molar-refractivity contribution in [1.29, 1.82) is 0 Å². The van der Waals surface area contributed by atoms with E-state index in [0.717, 1.165) is 27.4 Å². The van der Waals surface area contributed by atoms with Crippen LogP contribution in [0, 0.1) is 0 Å². The topological polar surface area (TPSA) is 70.5 Å². The number of amides is 1. The highest BCUT2D eigenvalue weighted by Crippen LogP contribution is 2.42. The summed E-state index contributed by atoms with van der Waals surface area (Å²) in [6.07, 6.45) is 4.06. The summed E-state index contributed by atoms with van der Waals surface area (Å²) in [5.41, 5.74) is 0.743. The molecule has 0 aromatic carbocycles. The molecule has 8 heteroatoms. The summed E-state index contributed by atoms with van der Waals surface area (Å²) >= 11 is 7.75. The highest BCUT2D eigenvalue weighted by Gasteiger charge is 2.33. The van der Waals surface area contributed by atoms with Crippen LogP contribution < -0.4 is 0 Å². The summed E-state index contributed by atoms with van der Waals surface area (Å²) < 4.78 is 0.279. The Morgan fingerprint density at radius 3 is 3.00 bits per heavy atom. The van der Waals surface area contributed by atoms with Gasteiger partial charge in [0.1, 0.15) is 10.9 Å². The van der Waals surface area contributed by atoms with Crippen molar-refractivity contribution in [3.05, 3.63) is 21.0 Å². The van der Waals surface area contributed by atoms with E-state index in [-0.39, 0.29) is 10.2 Å². The van der Waals surface area contributed by atoms with Gasteiger partial charge in [-0.1, -0.05) is 24.0 Å². The van der Waals surface area contributed by atoms with Gasteiger partial charge in [-0.25, -0.2) is 4.98 Å². The average molecular weight is 326 g/mol. The molecule has 0 spiro atoms. The quantitative estimate of drug-likeness (QED) is 0.676. The van der Waals surface area contributed by atoms with Gasteiger partial charge < -0.3 is 5.11 Å². The van der Waals surface area contributed by atoms with E-state index in [9.17, 15) is 9.59 Å². The first kappa shape index (κ1) is 13.7. The zero-order valence-corrected chi connectivity index (χ0v) is 12.7. The molecule has 1 aromatic heterocycles. The van der Waals surface area contributed by atoms with Gasteiger partial charge in [0.05, 0.1) is 15.6 Å². The minimum Gasteiger partial charge on any atom is -0.480 e. The normalized spacial score (nSPS) is 21.0. The Bertz CT molecular complexity index is 634. The molecule has 0 radical (unpaired) electrons. The number of hydrogen-bond acceptors (Lipinski definition) is 6. The van der Waals surface area contributed by atoms with Gasteiger partial charge in [-0.3, -0.25) is 14.5 Å². The number of aliphatic carboxylic acids is 1. The Labute approximate surface area is 128 Å². The van der Waals surface area contributed by atoms with Gasteiger partial charge in [-0.15, -0.1) is 11.3 Å². The molecule has 0 atom stereocenters. The van der Waals surface area contributed by atoms with E-state index in [0.29, 0.717) is 10.8 Å². The van der Waals surface area contributed by atoms with Gasteiger partial charge in [0, 0.05) is 11.3 Å². The smallest absolute Gasteiger partial charge is 0.323 e. The van der Waals surface area contributed by atoms with E-state index < -0.39 is 12.5 Å². The molecule has 0 unspecified atom stereocenters. The van der Waals surface area contributed by atoms with E-state index >= 15 is 0 Å². The van der Waals surface area contributed by atoms with Gasteiger partial charge in [0.2, 0.25) is 0 Å². The summed E-state index contributed by atoms with van der Waals surface area (Å²) in [5, 5.41) is 11.8. The largest absolute Gasteiger partial charge is 0.480 e. The van der Waals surface area contributed by atoms with Crippen LogP contribution in [0.1, 0.15) is 29.5 Å². The van der Waals surface area contributed by atoms with Crippen molar-refractivity contribution in [3.63, 3.8) is 0 Å². The molecule has 5 nitrogen and oxygen atoms in total. The zero-order chi connectivity index (χ0) is 14.3. The first-order chi connectivity index (χ1) is 9.54. The fourth-order valence-electron chi connectivity index (χ4n) is 1.79. The second-order valence-electron chi connectivity index (χ2n) is 4.55. The molecule has 2 fully saturated rings. The van der Waals surface area contributed by atoms with Crippen LogP contribution >= 0.6 is 35.3 Å². The second kappa shape index (κ2) is 5.27. The Kier molecular flexibility index (Phi) is 3.61. The minimum atomic E-state index is -1.08. The molecule has 1 saturated carbocycles. The van der Waals surface area contributed by atoms with Crippen molar-refractivity contribution in [2.75, 3.05) is 6.54 Å². The van der Waals surface area contributed by atoms with Gasteiger partial charge >= 0.3 is 5.97 Å². The molecule has 1 aliphatic carbocycles. The van der Waals surface area contributed by atoms with Crippen molar-refractivity contribution < 1.29 is 14.7 Å². The van der Waals surface area contributed by atoms with Crippen LogP contribution in [-0.4, -0.2) is 37.7 Å². The fraction of sp³-hybridized carbons (Fsp3) is 0.333. The van der Waals surface area contributed by atoms with Crippen LogP contribution in [0.3, 0.4) is 0 Å². The lowest BCUT2D eigenvalue weighted by Gasteiger charge is -2.09.